The average Bonchev–Trinajstić information content (AvgIpc) is 2.74. The topological polar surface area (TPSA) is 48.5 Å². The first-order chi connectivity index (χ1) is 10.2. The van der Waals surface area contributed by atoms with E-state index in [4.69, 9.17) is 0 Å². The second-order valence-corrected chi connectivity index (χ2v) is 5.55. The fraction of sp³-hybridized carbons (Fsp3) is 0.625. The van der Waals surface area contributed by atoms with Crippen molar-refractivity contribution in [3.05, 3.63) is 23.9 Å². The van der Waals surface area contributed by atoms with E-state index in [0.717, 1.165) is 57.9 Å². The van der Waals surface area contributed by atoms with Gasteiger partial charge in [-0.1, -0.05) is 13.0 Å². The van der Waals surface area contributed by atoms with Gasteiger partial charge in [-0.05, 0) is 31.0 Å². The summed E-state index contributed by atoms with van der Waals surface area (Å²) < 4.78 is 0. The van der Waals surface area contributed by atoms with Gasteiger partial charge in [0, 0.05) is 45.8 Å². The molecule has 0 aromatic carbocycles. The summed E-state index contributed by atoms with van der Waals surface area (Å²) in [5.74, 6) is 1.18. The molecular weight excluding hydrogens is 264 g/mol. The second-order valence-electron chi connectivity index (χ2n) is 5.55. The third-order valence-corrected chi connectivity index (χ3v) is 3.83. The highest BCUT2D eigenvalue weighted by Gasteiger charge is 2.17. The van der Waals surface area contributed by atoms with Crippen molar-refractivity contribution in [2.45, 2.75) is 33.2 Å². The van der Waals surface area contributed by atoms with Crippen molar-refractivity contribution >= 4 is 11.7 Å². The fourth-order valence-electron chi connectivity index (χ4n) is 2.58. The monoisotopic (exact) mass is 290 g/mol. The maximum Gasteiger partial charge on any atom is 0.219 e. The summed E-state index contributed by atoms with van der Waals surface area (Å²) in [7, 11) is 0. The Balaban J connectivity index is 1.91. The predicted octanol–water partition coefficient (Wildman–Crippen LogP) is 1.64. The Morgan fingerprint density at radius 3 is 2.81 bits per heavy atom. The molecule has 2 rings (SSSR count). The molecule has 1 aliphatic rings. The summed E-state index contributed by atoms with van der Waals surface area (Å²) in [5.41, 5.74) is 1.22. The molecule has 0 unspecified atom stereocenters. The van der Waals surface area contributed by atoms with Crippen LogP contribution in [0.2, 0.25) is 0 Å². The van der Waals surface area contributed by atoms with E-state index in [9.17, 15) is 4.79 Å². The summed E-state index contributed by atoms with van der Waals surface area (Å²) in [6.07, 6.45) is 4.10. The van der Waals surface area contributed by atoms with Crippen LogP contribution in [0.4, 0.5) is 5.82 Å². The maximum absolute atomic E-state index is 11.4. The SMILES string of the molecule is CCCNCc1ccc(N2CCCN(C(C)=O)CC2)nc1. The van der Waals surface area contributed by atoms with Crippen molar-refractivity contribution in [2.75, 3.05) is 37.6 Å². The summed E-state index contributed by atoms with van der Waals surface area (Å²) in [6, 6.07) is 4.23. The maximum atomic E-state index is 11.4. The van der Waals surface area contributed by atoms with Crippen molar-refractivity contribution < 1.29 is 4.79 Å². The summed E-state index contributed by atoms with van der Waals surface area (Å²) in [4.78, 5) is 20.2. The zero-order chi connectivity index (χ0) is 15.1. The molecule has 1 aromatic rings. The number of amides is 1. The lowest BCUT2D eigenvalue weighted by atomic mass is 10.2. The number of nitrogens with one attached hydrogen (secondary N) is 1. The largest absolute Gasteiger partial charge is 0.355 e. The van der Waals surface area contributed by atoms with Gasteiger partial charge in [0.1, 0.15) is 5.82 Å². The van der Waals surface area contributed by atoms with E-state index >= 15 is 0 Å². The lowest BCUT2D eigenvalue weighted by molar-refractivity contribution is -0.128. The minimum absolute atomic E-state index is 0.169. The highest BCUT2D eigenvalue weighted by molar-refractivity contribution is 5.73. The lowest BCUT2D eigenvalue weighted by Gasteiger charge is -2.22. The molecule has 1 aliphatic heterocycles. The van der Waals surface area contributed by atoms with Crippen molar-refractivity contribution in [3.63, 3.8) is 0 Å². The van der Waals surface area contributed by atoms with Crippen molar-refractivity contribution in [1.82, 2.24) is 15.2 Å². The standard InChI is InChI=1S/C16H26N4O/c1-3-7-17-12-15-5-6-16(18-13-15)20-9-4-8-19(10-11-20)14(2)21/h5-6,13,17H,3-4,7-12H2,1-2H3. The summed E-state index contributed by atoms with van der Waals surface area (Å²) >= 11 is 0. The molecule has 1 fully saturated rings. The van der Waals surface area contributed by atoms with Gasteiger partial charge in [-0.25, -0.2) is 4.98 Å². The van der Waals surface area contributed by atoms with Gasteiger partial charge in [-0.15, -0.1) is 0 Å². The Morgan fingerprint density at radius 1 is 1.29 bits per heavy atom. The van der Waals surface area contributed by atoms with Crippen LogP contribution in [0, 0.1) is 0 Å². The molecule has 0 aliphatic carbocycles. The normalized spacial score (nSPS) is 15.9. The van der Waals surface area contributed by atoms with Crippen LogP contribution in [0.25, 0.3) is 0 Å². The minimum Gasteiger partial charge on any atom is -0.355 e. The van der Waals surface area contributed by atoms with Crippen molar-refractivity contribution in [1.29, 1.82) is 0 Å². The van der Waals surface area contributed by atoms with Gasteiger partial charge in [-0.2, -0.15) is 0 Å². The van der Waals surface area contributed by atoms with E-state index < -0.39 is 0 Å². The number of nitrogens with zero attached hydrogens (tertiary/aromatic N) is 3. The Morgan fingerprint density at radius 2 is 2.14 bits per heavy atom. The smallest absolute Gasteiger partial charge is 0.219 e. The molecule has 21 heavy (non-hydrogen) atoms. The first-order valence-corrected chi connectivity index (χ1v) is 7.87. The number of hydrogen-bond acceptors (Lipinski definition) is 4. The number of hydrogen-bond donors (Lipinski definition) is 1. The molecule has 2 heterocycles. The van der Waals surface area contributed by atoms with E-state index in [1.807, 2.05) is 11.1 Å². The highest BCUT2D eigenvalue weighted by Crippen LogP contribution is 2.14. The third-order valence-electron chi connectivity index (χ3n) is 3.83. The second kappa shape index (κ2) is 7.98. The molecule has 0 bridgehead atoms. The highest BCUT2D eigenvalue weighted by atomic mass is 16.2. The molecule has 5 heteroatoms. The summed E-state index contributed by atoms with van der Waals surface area (Å²) in [5, 5.41) is 3.38. The lowest BCUT2D eigenvalue weighted by Crippen LogP contribution is -2.33. The average molecular weight is 290 g/mol. The van der Waals surface area contributed by atoms with Crippen LogP contribution in [-0.2, 0) is 11.3 Å². The Hall–Kier alpha value is -1.62. The number of carbonyl (C=O) groups is 1. The molecule has 1 amide bonds. The van der Waals surface area contributed by atoms with E-state index in [1.165, 1.54) is 5.56 Å². The van der Waals surface area contributed by atoms with Gasteiger partial charge in [0.25, 0.3) is 0 Å². The molecule has 0 saturated carbocycles. The van der Waals surface area contributed by atoms with E-state index in [1.54, 1.807) is 6.92 Å². The fourth-order valence-corrected chi connectivity index (χ4v) is 2.58. The zero-order valence-corrected chi connectivity index (χ0v) is 13.1. The van der Waals surface area contributed by atoms with Crippen LogP contribution in [0.15, 0.2) is 18.3 Å². The number of aromatic nitrogens is 1. The van der Waals surface area contributed by atoms with E-state index in [2.05, 4.69) is 34.3 Å². The molecule has 1 saturated heterocycles. The molecule has 0 radical (unpaired) electrons. The minimum atomic E-state index is 0.169. The van der Waals surface area contributed by atoms with Crippen LogP contribution in [0.3, 0.4) is 0 Å². The Labute approximate surface area is 127 Å². The van der Waals surface area contributed by atoms with Crippen LogP contribution >= 0.6 is 0 Å². The number of pyridine rings is 1. The van der Waals surface area contributed by atoms with Crippen LogP contribution in [-0.4, -0.2) is 48.5 Å². The van der Waals surface area contributed by atoms with Gasteiger partial charge in [0.15, 0.2) is 0 Å². The first-order valence-electron chi connectivity index (χ1n) is 7.87. The first kappa shape index (κ1) is 15.8. The van der Waals surface area contributed by atoms with Gasteiger partial charge >= 0.3 is 0 Å². The van der Waals surface area contributed by atoms with Crippen molar-refractivity contribution in [3.8, 4) is 0 Å². The van der Waals surface area contributed by atoms with Crippen LogP contribution < -0.4 is 10.2 Å². The molecule has 1 aromatic heterocycles. The predicted molar refractivity (Wildman–Crippen MR) is 85.3 cm³/mol. The Kier molecular flexibility index (Phi) is 5.99. The number of anilines is 1. The molecular formula is C16H26N4O. The number of rotatable bonds is 5. The molecule has 116 valence electrons. The van der Waals surface area contributed by atoms with E-state index in [0.29, 0.717) is 0 Å². The van der Waals surface area contributed by atoms with E-state index in [-0.39, 0.29) is 5.91 Å². The molecule has 0 spiro atoms. The quantitative estimate of drug-likeness (QED) is 0.838. The summed E-state index contributed by atoms with van der Waals surface area (Å²) in [6.45, 7) is 9.18. The molecule has 5 nitrogen and oxygen atoms in total. The van der Waals surface area contributed by atoms with Gasteiger partial charge in [0.05, 0.1) is 0 Å². The van der Waals surface area contributed by atoms with Gasteiger partial charge in [-0.3, -0.25) is 4.79 Å². The number of carbonyl (C=O) groups excluding carboxylic acids is 1. The van der Waals surface area contributed by atoms with Crippen molar-refractivity contribution in [2.24, 2.45) is 0 Å². The molecule has 0 atom stereocenters. The Bertz CT molecular complexity index is 446. The van der Waals surface area contributed by atoms with Gasteiger partial charge < -0.3 is 15.1 Å². The zero-order valence-electron chi connectivity index (χ0n) is 13.1. The van der Waals surface area contributed by atoms with Crippen LogP contribution in [0.1, 0.15) is 32.3 Å². The third kappa shape index (κ3) is 4.70. The van der Waals surface area contributed by atoms with Crippen LogP contribution in [0.5, 0.6) is 0 Å². The van der Waals surface area contributed by atoms with Gasteiger partial charge in [0.2, 0.25) is 5.91 Å². The molecule has 1 N–H and O–H groups in total.